The van der Waals surface area contributed by atoms with Gasteiger partial charge in [-0.1, -0.05) is 32.4 Å². The fourth-order valence-electron chi connectivity index (χ4n) is 1.91. The lowest BCUT2D eigenvalue weighted by molar-refractivity contribution is 0.0925. The first kappa shape index (κ1) is 14.8. The van der Waals surface area contributed by atoms with Crippen LogP contribution in [0, 0.1) is 5.92 Å². The van der Waals surface area contributed by atoms with Gasteiger partial charge in [-0.15, -0.1) is 0 Å². The molecule has 1 rings (SSSR count). The highest BCUT2D eigenvalue weighted by atomic mass is 35.5. The van der Waals surface area contributed by atoms with Crippen LogP contribution in [0.2, 0.25) is 5.02 Å². The number of hydrogen-bond donors (Lipinski definition) is 2. The predicted octanol–water partition coefficient (Wildman–Crippen LogP) is 3.55. The molecule has 0 saturated carbocycles. The van der Waals surface area contributed by atoms with Crippen molar-refractivity contribution in [1.82, 2.24) is 5.32 Å². The van der Waals surface area contributed by atoms with Crippen LogP contribution < -0.4 is 10.6 Å². The topological polar surface area (TPSA) is 41.1 Å². The van der Waals surface area contributed by atoms with Crippen LogP contribution >= 0.6 is 11.6 Å². The zero-order valence-electron chi connectivity index (χ0n) is 11.4. The third-order valence-corrected chi connectivity index (χ3v) is 3.29. The number of benzene rings is 1. The smallest absolute Gasteiger partial charge is 0.253 e. The molecule has 3 nitrogen and oxygen atoms in total. The van der Waals surface area contributed by atoms with Gasteiger partial charge in [0.2, 0.25) is 0 Å². The van der Waals surface area contributed by atoms with E-state index in [0.29, 0.717) is 16.5 Å². The number of anilines is 1. The maximum Gasteiger partial charge on any atom is 0.253 e. The van der Waals surface area contributed by atoms with Crippen LogP contribution in [-0.2, 0) is 0 Å². The average molecular weight is 269 g/mol. The van der Waals surface area contributed by atoms with Gasteiger partial charge in [-0.05, 0) is 30.5 Å². The van der Waals surface area contributed by atoms with E-state index in [1.54, 1.807) is 19.2 Å². The van der Waals surface area contributed by atoms with E-state index in [2.05, 4.69) is 31.4 Å². The van der Waals surface area contributed by atoms with Crippen molar-refractivity contribution in [2.75, 3.05) is 12.4 Å². The summed E-state index contributed by atoms with van der Waals surface area (Å²) < 4.78 is 0. The van der Waals surface area contributed by atoms with Gasteiger partial charge in [-0.25, -0.2) is 0 Å². The lowest BCUT2D eigenvalue weighted by atomic mass is 10.0. The molecule has 0 aromatic heterocycles. The number of carbonyl (C=O) groups excluding carboxylic acids is 1. The van der Waals surface area contributed by atoms with Crippen LogP contribution in [0.3, 0.4) is 0 Å². The largest absolute Gasteiger partial charge is 0.387 e. The van der Waals surface area contributed by atoms with Gasteiger partial charge in [-0.3, -0.25) is 4.79 Å². The summed E-state index contributed by atoms with van der Waals surface area (Å²) >= 11 is 5.94. The lowest BCUT2D eigenvalue weighted by Crippen LogP contribution is -2.38. The minimum Gasteiger partial charge on any atom is -0.387 e. The van der Waals surface area contributed by atoms with Gasteiger partial charge in [0.15, 0.2) is 0 Å². The highest BCUT2D eigenvalue weighted by Crippen LogP contribution is 2.20. The average Bonchev–Trinajstić information content (AvgIpc) is 2.35. The number of amides is 1. The summed E-state index contributed by atoms with van der Waals surface area (Å²) in [5.74, 6) is 0.332. The Balaban J connectivity index is 2.92. The molecule has 1 unspecified atom stereocenters. The molecule has 0 aliphatic carbocycles. The first-order valence-corrected chi connectivity index (χ1v) is 6.65. The Morgan fingerprint density at radius 1 is 1.39 bits per heavy atom. The molecule has 1 atom stereocenters. The Bertz CT molecular complexity index is 418. The minimum atomic E-state index is -0.0811. The molecular formula is C14H21ClN2O. The molecule has 1 aromatic rings. The van der Waals surface area contributed by atoms with Crippen LogP contribution in [0.5, 0.6) is 0 Å². The summed E-state index contributed by atoms with van der Waals surface area (Å²) in [5, 5.41) is 6.62. The van der Waals surface area contributed by atoms with Crippen molar-refractivity contribution in [3.8, 4) is 0 Å². The third-order valence-electron chi connectivity index (χ3n) is 3.06. The van der Waals surface area contributed by atoms with E-state index in [4.69, 9.17) is 11.6 Å². The SMILES string of the molecule is CCC(NC(=O)c1cc(Cl)ccc1NC)C(C)C. The maximum absolute atomic E-state index is 12.2. The van der Waals surface area contributed by atoms with Gasteiger partial charge in [0.1, 0.15) is 0 Å². The molecular weight excluding hydrogens is 248 g/mol. The Morgan fingerprint density at radius 2 is 2.06 bits per heavy atom. The first-order valence-electron chi connectivity index (χ1n) is 6.27. The Labute approximate surface area is 114 Å². The van der Waals surface area contributed by atoms with Crippen molar-refractivity contribution < 1.29 is 4.79 Å². The second-order valence-electron chi connectivity index (χ2n) is 4.67. The van der Waals surface area contributed by atoms with E-state index in [1.807, 2.05) is 6.07 Å². The van der Waals surface area contributed by atoms with Gasteiger partial charge in [0, 0.05) is 23.8 Å². The van der Waals surface area contributed by atoms with Gasteiger partial charge < -0.3 is 10.6 Å². The lowest BCUT2D eigenvalue weighted by Gasteiger charge is -2.21. The van der Waals surface area contributed by atoms with Gasteiger partial charge in [0.05, 0.1) is 5.56 Å². The summed E-state index contributed by atoms with van der Waals surface area (Å²) in [6.07, 6.45) is 0.916. The number of nitrogens with one attached hydrogen (secondary N) is 2. The minimum absolute atomic E-state index is 0.0811. The van der Waals surface area contributed by atoms with Crippen molar-refractivity contribution in [2.45, 2.75) is 33.2 Å². The molecule has 100 valence electrons. The van der Waals surface area contributed by atoms with E-state index >= 15 is 0 Å². The molecule has 0 bridgehead atoms. The van der Waals surface area contributed by atoms with E-state index in [0.717, 1.165) is 12.1 Å². The number of rotatable bonds is 5. The van der Waals surface area contributed by atoms with Crippen LogP contribution in [0.25, 0.3) is 0 Å². The van der Waals surface area contributed by atoms with Crippen LogP contribution in [0.1, 0.15) is 37.6 Å². The monoisotopic (exact) mass is 268 g/mol. The van der Waals surface area contributed by atoms with Gasteiger partial charge in [-0.2, -0.15) is 0 Å². The molecule has 0 aliphatic heterocycles. The molecule has 0 radical (unpaired) electrons. The zero-order chi connectivity index (χ0) is 13.7. The molecule has 4 heteroatoms. The standard InChI is InChI=1S/C14H21ClN2O/c1-5-12(9(2)3)17-14(18)11-8-10(15)6-7-13(11)16-4/h6-9,12,16H,5H2,1-4H3,(H,17,18). The highest BCUT2D eigenvalue weighted by Gasteiger charge is 2.17. The Morgan fingerprint density at radius 3 is 2.56 bits per heavy atom. The molecule has 2 N–H and O–H groups in total. The van der Waals surface area contributed by atoms with Crippen molar-refractivity contribution in [3.63, 3.8) is 0 Å². The van der Waals surface area contributed by atoms with Crippen LogP contribution in [0.15, 0.2) is 18.2 Å². The van der Waals surface area contributed by atoms with Crippen molar-refractivity contribution in [1.29, 1.82) is 0 Å². The first-order chi connectivity index (χ1) is 8.49. The van der Waals surface area contributed by atoms with Gasteiger partial charge in [0.25, 0.3) is 5.91 Å². The third kappa shape index (κ3) is 3.64. The molecule has 1 aromatic carbocycles. The van der Waals surface area contributed by atoms with Crippen molar-refractivity contribution in [2.24, 2.45) is 5.92 Å². The molecule has 0 saturated heterocycles. The molecule has 0 heterocycles. The fraction of sp³-hybridized carbons (Fsp3) is 0.500. The number of carbonyl (C=O) groups is 1. The summed E-state index contributed by atoms with van der Waals surface area (Å²) in [4.78, 5) is 12.2. The molecule has 0 aliphatic rings. The van der Waals surface area contributed by atoms with Crippen LogP contribution in [-0.4, -0.2) is 19.0 Å². The van der Waals surface area contributed by atoms with Crippen molar-refractivity contribution in [3.05, 3.63) is 28.8 Å². The Kier molecular flexibility index (Phi) is 5.48. The predicted molar refractivity (Wildman–Crippen MR) is 77.4 cm³/mol. The van der Waals surface area contributed by atoms with Crippen molar-refractivity contribution >= 4 is 23.2 Å². The molecule has 1 amide bonds. The normalized spacial score (nSPS) is 12.3. The van der Waals surface area contributed by atoms with E-state index < -0.39 is 0 Å². The maximum atomic E-state index is 12.2. The van der Waals surface area contributed by atoms with E-state index in [9.17, 15) is 4.79 Å². The summed E-state index contributed by atoms with van der Waals surface area (Å²) in [5.41, 5.74) is 1.37. The second-order valence-corrected chi connectivity index (χ2v) is 5.11. The highest BCUT2D eigenvalue weighted by molar-refractivity contribution is 6.31. The van der Waals surface area contributed by atoms with Crippen LogP contribution in [0.4, 0.5) is 5.69 Å². The molecule has 0 spiro atoms. The molecule has 18 heavy (non-hydrogen) atoms. The fourth-order valence-corrected chi connectivity index (χ4v) is 2.08. The summed E-state index contributed by atoms with van der Waals surface area (Å²) in [7, 11) is 1.79. The summed E-state index contributed by atoms with van der Waals surface area (Å²) in [6, 6.07) is 5.45. The number of hydrogen-bond acceptors (Lipinski definition) is 2. The molecule has 0 fully saturated rings. The number of halogens is 1. The van der Waals surface area contributed by atoms with E-state index in [1.165, 1.54) is 0 Å². The zero-order valence-corrected chi connectivity index (χ0v) is 12.1. The summed E-state index contributed by atoms with van der Waals surface area (Å²) in [6.45, 7) is 6.28. The Hall–Kier alpha value is -1.22. The van der Waals surface area contributed by atoms with Gasteiger partial charge >= 0.3 is 0 Å². The second kappa shape index (κ2) is 6.64. The van der Waals surface area contributed by atoms with E-state index in [-0.39, 0.29) is 11.9 Å². The quantitative estimate of drug-likeness (QED) is 0.858.